The van der Waals surface area contributed by atoms with Crippen molar-refractivity contribution in [3.05, 3.63) is 41.6 Å². The second-order valence-corrected chi connectivity index (χ2v) is 4.11. The lowest BCUT2D eigenvalue weighted by Gasteiger charge is -2.08. The monoisotopic (exact) mass is 201 g/mol. The Balaban J connectivity index is 2.51. The lowest BCUT2D eigenvalue weighted by atomic mass is 9.97. The van der Waals surface area contributed by atoms with Crippen molar-refractivity contribution in [1.82, 2.24) is 5.16 Å². The van der Waals surface area contributed by atoms with Crippen LogP contribution in [0.2, 0.25) is 0 Å². The number of rotatable bonds is 2. The van der Waals surface area contributed by atoms with Gasteiger partial charge in [0.1, 0.15) is 0 Å². The summed E-state index contributed by atoms with van der Waals surface area (Å²) in [5.74, 6) is 1.38. The van der Waals surface area contributed by atoms with Crippen molar-refractivity contribution in [2.75, 3.05) is 0 Å². The number of aryl methyl sites for hydroxylation is 1. The zero-order chi connectivity index (χ0) is 10.8. The van der Waals surface area contributed by atoms with Crippen LogP contribution in [0.1, 0.15) is 30.9 Å². The molecule has 1 heterocycles. The van der Waals surface area contributed by atoms with Crippen molar-refractivity contribution in [2.24, 2.45) is 0 Å². The van der Waals surface area contributed by atoms with Crippen LogP contribution in [0.5, 0.6) is 0 Å². The Morgan fingerprint density at radius 1 is 1.20 bits per heavy atom. The maximum atomic E-state index is 5.19. The molecule has 0 aliphatic carbocycles. The van der Waals surface area contributed by atoms with Crippen molar-refractivity contribution < 1.29 is 4.52 Å². The Hall–Kier alpha value is -1.57. The predicted octanol–water partition coefficient (Wildman–Crippen LogP) is 3.77. The van der Waals surface area contributed by atoms with Crippen LogP contribution >= 0.6 is 0 Å². The minimum atomic E-state index is 0.535. The summed E-state index contributed by atoms with van der Waals surface area (Å²) in [5.41, 5.74) is 3.68. The third-order valence-corrected chi connectivity index (χ3v) is 2.63. The molecule has 0 aliphatic rings. The van der Waals surface area contributed by atoms with Gasteiger partial charge in [0.15, 0.2) is 5.76 Å². The summed E-state index contributed by atoms with van der Waals surface area (Å²) in [4.78, 5) is 0. The van der Waals surface area contributed by atoms with Crippen molar-refractivity contribution in [2.45, 2.75) is 26.7 Å². The molecule has 0 N–H and O–H groups in total. The van der Waals surface area contributed by atoms with E-state index < -0.39 is 0 Å². The molecule has 1 aromatic heterocycles. The zero-order valence-electron chi connectivity index (χ0n) is 9.32. The molecule has 0 amide bonds. The molecule has 78 valence electrons. The van der Waals surface area contributed by atoms with E-state index in [9.17, 15) is 0 Å². The number of aromatic nitrogens is 1. The maximum Gasteiger partial charge on any atom is 0.167 e. The van der Waals surface area contributed by atoms with E-state index in [2.05, 4.69) is 44.1 Å². The van der Waals surface area contributed by atoms with Crippen LogP contribution in [-0.2, 0) is 0 Å². The molecule has 0 unspecified atom stereocenters. The van der Waals surface area contributed by atoms with Crippen LogP contribution in [0.15, 0.2) is 35.0 Å². The van der Waals surface area contributed by atoms with Gasteiger partial charge in [-0.2, -0.15) is 0 Å². The van der Waals surface area contributed by atoms with Gasteiger partial charge in [0, 0.05) is 11.6 Å². The van der Waals surface area contributed by atoms with Gasteiger partial charge >= 0.3 is 0 Å². The second kappa shape index (κ2) is 3.89. The molecular formula is C13H15NO. The fourth-order valence-corrected chi connectivity index (χ4v) is 1.62. The molecule has 0 radical (unpaired) electrons. The van der Waals surface area contributed by atoms with Gasteiger partial charge in [-0.3, -0.25) is 0 Å². The quantitative estimate of drug-likeness (QED) is 0.739. The summed E-state index contributed by atoms with van der Waals surface area (Å²) in [6.07, 6.45) is 1.68. The molecule has 0 atom stereocenters. The van der Waals surface area contributed by atoms with Crippen LogP contribution in [0.4, 0.5) is 0 Å². The molecule has 0 bridgehead atoms. The molecule has 0 fully saturated rings. The summed E-state index contributed by atoms with van der Waals surface area (Å²) in [7, 11) is 0. The summed E-state index contributed by atoms with van der Waals surface area (Å²) >= 11 is 0. The number of nitrogens with zero attached hydrogens (tertiary/aromatic N) is 1. The molecule has 15 heavy (non-hydrogen) atoms. The minimum Gasteiger partial charge on any atom is -0.356 e. The van der Waals surface area contributed by atoms with Crippen molar-refractivity contribution >= 4 is 0 Å². The van der Waals surface area contributed by atoms with Crippen molar-refractivity contribution in [3.63, 3.8) is 0 Å². The topological polar surface area (TPSA) is 26.0 Å². The van der Waals surface area contributed by atoms with Crippen LogP contribution < -0.4 is 0 Å². The fraction of sp³-hybridized carbons (Fsp3) is 0.308. The van der Waals surface area contributed by atoms with Crippen molar-refractivity contribution in [1.29, 1.82) is 0 Å². The smallest absolute Gasteiger partial charge is 0.167 e. The van der Waals surface area contributed by atoms with Crippen LogP contribution in [0.25, 0.3) is 11.3 Å². The number of hydrogen-bond donors (Lipinski definition) is 0. The van der Waals surface area contributed by atoms with Crippen LogP contribution in [-0.4, -0.2) is 5.16 Å². The third-order valence-electron chi connectivity index (χ3n) is 2.63. The van der Waals surface area contributed by atoms with Gasteiger partial charge in [0.2, 0.25) is 0 Å². The van der Waals surface area contributed by atoms with E-state index in [4.69, 9.17) is 4.52 Å². The molecule has 0 spiro atoms. The van der Waals surface area contributed by atoms with Gasteiger partial charge in [0.25, 0.3) is 0 Å². The van der Waals surface area contributed by atoms with E-state index >= 15 is 0 Å². The molecule has 0 saturated carbocycles. The fourth-order valence-electron chi connectivity index (χ4n) is 1.62. The van der Waals surface area contributed by atoms with Gasteiger partial charge in [-0.1, -0.05) is 31.1 Å². The zero-order valence-corrected chi connectivity index (χ0v) is 9.32. The highest BCUT2D eigenvalue weighted by Crippen LogP contribution is 2.26. The largest absolute Gasteiger partial charge is 0.356 e. The highest BCUT2D eigenvalue weighted by atomic mass is 16.5. The van der Waals surface area contributed by atoms with Crippen LogP contribution in [0.3, 0.4) is 0 Å². The summed E-state index contributed by atoms with van der Waals surface area (Å²) < 4.78 is 5.19. The van der Waals surface area contributed by atoms with Gasteiger partial charge in [-0.05, 0) is 30.0 Å². The van der Waals surface area contributed by atoms with E-state index in [1.54, 1.807) is 6.20 Å². The molecule has 1 aromatic carbocycles. The molecule has 2 heteroatoms. The first-order chi connectivity index (χ1) is 7.18. The van der Waals surface area contributed by atoms with Crippen LogP contribution in [0, 0.1) is 6.92 Å². The van der Waals surface area contributed by atoms with Gasteiger partial charge < -0.3 is 4.52 Å². The highest BCUT2D eigenvalue weighted by Gasteiger charge is 2.08. The third kappa shape index (κ3) is 1.94. The van der Waals surface area contributed by atoms with E-state index in [-0.39, 0.29) is 0 Å². The Morgan fingerprint density at radius 3 is 2.60 bits per heavy atom. The molecule has 2 aromatic rings. The Labute approximate surface area is 89.9 Å². The summed E-state index contributed by atoms with van der Waals surface area (Å²) in [6, 6.07) is 8.38. The Bertz CT molecular complexity index is 444. The number of hydrogen-bond acceptors (Lipinski definition) is 2. The minimum absolute atomic E-state index is 0.535. The molecular weight excluding hydrogens is 186 g/mol. The lowest BCUT2D eigenvalue weighted by Crippen LogP contribution is -1.90. The normalized spacial score (nSPS) is 10.9. The standard InChI is InChI=1S/C13H15NO/c1-9(2)11-5-4-10(3)12(8-11)13-6-7-14-15-13/h4-9H,1-3H3. The maximum absolute atomic E-state index is 5.19. The molecule has 0 saturated heterocycles. The number of benzene rings is 1. The highest BCUT2D eigenvalue weighted by molar-refractivity contribution is 5.62. The molecule has 2 rings (SSSR count). The van der Waals surface area contributed by atoms with Crippen molar-refractivity contribution in [3.8, 4) is 11.3 Å². The van der Waals surface area contributed by atoms with E-state index in [0.717, 1.165) is 11.3 Å². The Morgan fingerprint density at radius 2 is 2.00 bits per heavy atom. The van der Waals surface area contributed by atoms with E-state index in [1.807, 2.05) is 6.07 Å². The Kier molecular flexibility index (Phi) is 2.58. The average Bonchev–Trinajstić information content (AvgIpc) is 2.71. The predicted molar refractivity (Wildman–Crippen MR) is 60.8 cm³/mol. The van der Waals surface area contributed by atoms with Gasteiger partial charge in [-0.15, -0.1) is 0 Å². The first-order valence-electron chi connectivity index (χ1n) is 5.20. The SMILES string of the molecule is Cc1ccc(C(C)C)cc1-c1ccno1. The second-order valence-electron chi connectivity index (χ2n) is 4.11. The summed E-state index contributed by atoms with van der Waals surface area (Å²) in [5, 5.41) is 3.74. The molecule has 0 aliphatic heterocycles. The van der Waals surface area contributed by atoms with Gasteiger partial charge in [0.05, 0.1) is 6.20 Å². The molecule has 2 nitrogen and oxygen atoms in total. The van der Waals surface area contributed by atoms with E-state index in [0.29, 0.717) is 5.92 Å². The van der Waals surface area contributed by atoms with E-state index in [1.165, 1.54) is 11.1 Å². The van der Waals surface area contributed by atoms with Gasteiger partial charge in [-0.25, -0.2) is 0 Å². The summed E-state index contributed by atoms with van der Waals surface area (Å²) in [6.45, 7) is 6.46. The lowest BCUT2D eigenvalue weighted by molar-refractivity contribution is 0.432. The average molecular weight is 201 g/mol. The first-order valence-corrected chi connectivity index (χ1v) is 5.20. The first kappa shape index (κ1) is 9.97.